The minimum atomic E-state index is 0.235. The fourth-order valence-corrected chi connectivity index (χ4v) is 5.24. The van der Waals surface area contributed by atoms with Crippen LogP contribution in [0.15, 0.2) is 12.3 Å². The van der Waals surface area contributed by atoms with Crippen LogP contribution in [0, 0.1) is 11.8 Å². The summed E-state index contributed by atoms with van der Waals surface area (Å²) in [5, 5.41) is 9.95. The molecule has 4 rings (SSSR count). The summed E-state index contributed by atoms with van der Waals surface area (Å²) in [6.45, 7) is 9.29. The molecule has 0 spiro atoms. The van der Waals surface area contributed by atoms with Gasteiger partial charge >= 0.3 is 0 Å². The number of nitrogens with zero attached hydrogens (tertiary/aromatic N) is 4. The Hall–Kier alpha value is -1.24. The van der Waals surface area contributed by atoms with Gasteiger partial charge in [0.15, 0.2) is 0 Å². The van der Waals surface area contributed by atoms with Gasteiger partial charge in [0.2, 0.25) is 5.95 Å². The van der Waals surface area contributed by atoms with E-state index in [1.54, 1.807) is 0 Å². The number of hydrogen-bond acceptors (Lipinski definition) is 6. The number of morpholine rings is 1. The second-order valence-corrected chi connectivity index (χ2v) is 8.85. The van der Waals surface area contributed by atoms with Crippen molar-refractivity contribution in [1.82, 2.24) is 14.9 Å². The summed E-state index contributed by atoms with van der Waals surface area (Å²) in [7, 11) is 0. The number of aliphatic hydroxyl groups excluding tert-OH is 1. The van der Waals surface area contributed by atoms with E-state index < -0.39 is 0 Å². The molecular weight excluding hydrogens is 340 g/mol. The van der Waals surface area contributed by atoms with Crippen molar-refractivity contribution in [1.29, 1.82) is 0 Å². The van der Waals surface area contributed by atoms with Gasteiger partial charge in [-0.3, -0.25) is 4.90 Å². The Morgan fingerprint density at radius 3 is 2.48 bits per heavy atom. The lowest BCUT2D eigenvalue weighted by molar-refractivity contribution is -0.0725. The molecule has 1 aromatic rings. The minimum Gasteiger partial charge on any atom is -0.396 e. The highest BCUT2D eigenvalue weighted by molar-refractivity contribution is 5.33. The highest BCUT2D eigenvalue weighted by atomic mass is 16.5. The van der Waals surface area contributed by atoms with Gasteiger partial charge in [-0.2, -0.15) is 0 Å². The van der Waals surface area contributed by atoms with E-state index in [4.69, 9.17) is 9.72 Å². The molecule has 2 aliphatic heterocycles. The van der Waals surface area contributed by atoms with Gasteiger partial charge in [-0.25, -0.2) is 9.97 Å². The Labute approximate surface area is 162 Å². The Balaban J connectivity index is 1.42. The SMILES string of the molecule is C[C@@H]1CN(C[C@@H]2CN(c3nccc(C4CCCC4)n3)C[C@@H]2CO)C[C@H](C)O1. The third-order valence-corrected chi connectivity index (χ3v) is 6.52. The monoisotopic (exact) mass is 374 g/mol. The third-order valence-electron chi connectivity index (χ3n) is 6.52. The molecule has 6 heteroatoms. The van der Waals surface area contributed by atoms with Crippen LogP contribution in [0.2, 0.25) is 0 Å². The van der Waals surface area contributed by atoms with Gasteiger partial charge < -0.3 is 14.7 Å². The van der Waals surface area contributed by atoms with E-state index in [-0.39, 0.29) is 24.7 Å². The first kappa shape index (κ1) is 19.1. The van der Waals surface area contributed by atoms with Crippen molar-refractivity contribution >= 4 is 5.95 Å². The maximum Gasteiger partial charge on any atom is 0.225 e. The maximum atomic E-state index is 9.95. The smallest absolute Gasteiger partial charge is 0.225 e. The van der Waals surface area contributed by atoms with Gasteiger partial charge in [0.1, 0.15) is 0 Å². The molecule has 1 saturated carbocycles. The first-order valence-corrected chi connectivity index (χ1v) is 10.7. The van der Waals surface area contributed by atoms with Crippen LogP contribution in [0.5, 0.6) is 0 Å². The van der Waals surface area contributed by atoms with E-state index in [9.17, 15) is 5.11 Å². The fraction of sp³-hybridized carbons (Fsp3) is 0.810. The molecule has 150 valence electrons. The average molecular weight is 375 g/mol. The number of ether oxygens (including phenoxy) is 1. The number of hydrogen-bond donors (Lipinski definition) is 1. The van der Waals surface area contributed by atoms with Gasteiger partial charge in [-0.05, 0) is 38.7 Å². The van der Waals surface area contributed by atoms with E-state index in [1.807, 2.05) is 6.20 Å². The van der Waals surface area contributed by atoms with Crippen molar-refractivity contribution in [3.63, 3.8) is 0 Å². The zero-order valence-corrected chi connectivity index (χ0v) is 16.8. The summed E-state index contributed by atoms with van der Waals surface area (Å²) >= 11 is 0. The van der Waals surface area contributed by atoms with Gasteiger partial charge in [-0.1, -0.05) is 12.8 Å². The molecule has 0 bridgehead atoms. The molecule has 0 amide bonds. The largest absolute Gasteiger partial charge is 0.396 e. The van der Waals surface area contributed by atoms with E-state index in [2.05, 4.69) is 34.7 Å². The topological polar surface area (TPSA) is 61.7 Å². The molecule has 0 unspecified atom stereocenters. The first-order valence-electron chi connectivity index (χ1n) is 10.7. The third kappa shape index (κ3) is 4.44. The van der Waals surface area contributed by atoms with Crippen LogP contribution in [0.3, 0.4) is 0 Å². The summed E-state index contributed by atoms with van der Waals surface area (Å²) < 4.78 is 5.86. The van der Waals surface area contributed by atoms with Crippen molar-refractivity contribution in [2.24, 2.45) is 11.8 Å². The zero-order valence-electron chi connectivity index (χ0n) is 16.8. The molecule has 2 saturated heterocycles. The van der Waals surface area contributed by atoms with Crippen molar-refractivity contribution in [3.8, 4) is 0 Å². The molecule has 4 atom stereocenters. The van der Waals surface area contributed by atoms with Crippen molar-refractivity contribution in [3.05, 3.63) is 18.0 Å². The average Bonchev–Trinajstić information content (AvgIpc) is 3.31. The summed E-state index contributed by atoms with van der Waals surface area (Å²) in [5.41, 5.74) is 1.21. The summed E-state index contributed by atoms with van der Waals surface area (Å²) in [5.74, 6) is 2.20. The lowest BCUT2D eigenvalue weighted by Crippen LogP contribution is -2.48. The van der Waals surface area contributed by atoms with Crippen molar-refractivity contribution in [2.75, 3.05) is 44.2 Å². The molecule has 0 radical (unpaired) electrons. The number of rotatable bonds is 5. The highest BCUT2D eigenvalue weighted by Gasteiger charge is 2.36. The molecule has 1 aromatic heterocycles. The standard InChI is InChI=1S/C21H34N4O2/c1-15-9-24(10-16(2)27-15)11-18-12-25(13-19(18)14-26)21-22-8-7-20(23-21)17-5-3-4-6-17/h7-8,15-19,26H,3-6,9-14H2,1-2H3/t15-,16+,18-,19-/m1/s1. The normalized spacial score (nSPS) is 33.1. The van der Waals surface area contributed by atoms with Crippen LogP contribution in [0.1, 0.15) is 51.1 Å². The molecule has 3 aliphatic rings. The molecule has 1 N–H and O–H groups in total. The molecule has 6 nitrogen and oxygen atoms in total. The molecule has 3 heterocycles. The molecule has 3 fully saturated rings. The second-order valence-electron chi connectivity index (χ2n) is 8.85. The van der Waals surface area contributed by atoms with Gasteiger partial charge in [0.25, 0.3) is 0 Å². The summed E-state index contributed by atoms with van der Waals surface area (Å²) in [4.78, 5) is 14.3. The number of aliphatic hydroxyl groups is 1. The van der Waals surface area contributed by atoms with Crippen LogP contribution >= 0.6 is 0 Å². The number of aromatic nitrogens is 2. The van der Waals surface area contributed by atoms with Crippen LogP contribution in [-0.2, 0) is 4.74 Å². The Morgan fingerprint density at radius 2 is 1.78 bits per heavy atom. The quantitative estimate of drug-likeness (QED) is 0.853. The molecule has 27 heavy (non-hydrogen) atoms. The van der Waals surface area contributed by atoms with E-state index >= 15 is 0 Å². The molecular formula is C21H34N4O2. The lowest BCUT2D eigenvalue weighted by atomic mass is 9.96. The van der Waals surface area contributed by atoms with Gasteiger partial charge in [-0.15, -0.1) is 0 Å². The van der Waals surface area contributed by atoms with Crippen LogP contribution in [-0.4, -0.2) is 71.5 Å². The second kappa shape index (κ2) is 8.41. The Kier molecular flexibility index (Phi) is 5.95. The molecule has 0 aromatic carbocycles. The fourth-order valence-electron chi connectivity index (χ4n) is 5.24. The van der Waals surface area contributed by atoms with Gasteiger partial charge in [0, 0.05) is 63.1 Å². The summed E-state index contributed by atoms with van der Waals surface area (Å²) in [6.07, 6.45) is 7.63. The lowest BCUT2D eigenvalue weighted by Gasteiger charge is -2.37. The predicted molar refractivity (Wildman–Crippen MR) is 106 cm³/mol. The highest BCUT2D eigenvalue weighted by Crippen LogP contribution is 2.34. The molecule has 1 aliphatic carbocycles. The summed E-state index contributed by atoms with van der Waals surface area (Å²) in [6, 6.07) is 2.09. The maximum absolute atomic E-state index is 9.95. The van der Waals surface area contributed by atoms with E-state index in [1.165, 1.54) is 31.4 Å². The number of anilines is 1. The predicted octanol–water partition coefficient (Wildman–Crippen LogP) is 2.29. The van der Waals surface area contributed by atoms with Crippen LogP contribution in [0.4, 0.5) is 5.95 Å². The van der Waals surface area contributed by atoms with Crippen molar-refractivity contribution in [2.45, 2.75) is 57.7 Å². The zero-order chi connectivity index (χ0) is 18.8. The van der Waals surface area contributed by atoms with E-state index in [0.717, 1.165) is 38.7 Å². The van der Waals surface area contributed by atoms with Crippen LogP contribution < -0.4 is 4.90 Å². The first-order chi connectivity index (χ1) is 13.1. The van der Waals surface area contributed by atoms with Crippen LogP contribution in [0.25, 0.3) is 0 Å². The Morgan fingerprint density at radius 1 is 1.07 bits per heavy atom. The van der Waals surface area contributed by atoms with E-state index in [0.29, 0.717) is 11.8 Å². The van der Waals surface area contributed by atoms with Gasteiger partial charge in [0.05, 0.1) is 12.2 Å². The Bertz CT molecular complexity index is 612. The minimum absolute atomic E-state index is 0.235. The van der Waals surface area contributed by atoms with Crippen molar-refractivity contribution < 1.29 is 9.84 Å².